The van der Waals surface area contributed by atoms with Crippen LogP contribution in [0.15, 0.2) is 18.2 Å². The Labute approximate surface area is 109 Å². The molecule has 0 amide bonds. The van der Waals surface area contributed by atoms with Crippen LogP contribution < -0.4 is 5.32 Å². The highest BCUT2D eigenvalue weighted by Crippen LogP contribution is 2.28. The Balaban J connectivity index is 2.58. The molecule has 1 aromatic carbocycles. The third-order valence-corrected chi connectivity index (χ3v) is 3.02. The van der Waals surface area contributed by atoms with Gasteiger partial charge in [0.2, 0.25) is 0 Å². The van der Waals surface area contributed by atoms with Gasteiger partial charge in [0.1, 0.15) is 11.5 Å². The summed E-state index contributed by atoms with van der Waals surface area (Å²) in [7, 11) is 4.11. The number of hydrogen-bond acceptors (Lipinski definition) is 4. The Bertz CT molecular complexity index is 380. The Hall–Kier alpha value is -1.26. The van der Waals surface area contributed by atoms with E-state index in [1.807, 2.05) is 6.92 Å². The molecule has 0 heterocycles. The summed E-state index contributed by atoms with van der Waals surface area (Å²) in [5.74, 6) is 0.394. The molecule has 0 saturated carbocycles. The molecule has 0 bridgehead atoms. The summed E-state index contributed by atoms with van der Waals surface area (Å²) in [5.41, 5.74) is 0.728. The van der Waals surface area contributed by atoms with Gasteiger partial charge in [-0.3, -0.25) is 0 Å². The largest absolute Gasteiger partial charge is 0.508 e. The second-order valence-corrected chi connectivity index (χ2v) is 5.12. The van der Waals surface area contributed by atoms with E-state index in [1.165, 1.54) is 12.1 Å². The van der Waals surface area contributed by atoms with E-state index in [0.29, 0.717) is 6.04 Å². The molecule has 0 spiro atoms. The number of phenolic OH excluding ortho intramolecular Hbond substituents is 2. The predicted molar refractivity (Wildman–Crippen MR) is 74.0 cm³/mol. The number of nitrogens with one attached hydrogen (secondary N) is 1. The van der Waals surface area contributed by atoms with Gasteiger partial charge < -0.3 is 20.4 Å². The van der Waals surface area contributed by atoms with Crippen molar-refractivity contribution in [1.29, 1.82) is 0 Å². The van der Waals surface area contributed by atoms with Gasteiger partial charge in [-0.1, -0.05) is 0 Å². The van der Waals surface area contributed by atoms with E-state index in [9.17, 15) is 10.2 Å². The van der Waals surface area contributed by atoms with Crippen LogP contribution in [0, 0.1) is 0 Å². The van der Waals surface area contributed by atoms with Crippen molar-refractivity contribution in [3.05, 3.63) is 23.8 Å². The molecular formula is C14H24N2O2. The molecule has 0 aliphatic rings. The van der Waals surface area contributed by atoms with E-state index in [1.54, 1.807) is 6.07 Å². The van der Waals surface area contributed by atoms with E-state index >= 15 is 0 Å². The molecule has 0 fully saturated rings. The zero-order chi connectivity index (χ0) is 13.7. The van der Waals surface area contributed by atoms with Gasteiger partial charge in [-0.05, 0) is 59.1 Å². The minimum absolute atomic E-state index is 0.00858. The van der Waals surface area contributed by atoms with Crippen LogP contribution in [0.1, 0.15) is 31.9 Å². The smallest absolute Gasteiger partial charge is 0.120 e. The first-order valence-corrected chi connectivity index (χ1v) is 6.32. The molecule has 0 aliphatic carbocycles. The first-order chi connectivity index (χ1) is 8.40. The first-order valence-electron chi connectivity index (χ1n) is 6.32. The van der Waals surface area contributed by atoms with Crippen LogP contribution in [0.3, 0.4) is 0 Å². The zero-order valence-electron chi connectivity index (χ0n) is 11.6. The van der Waals surface area contributed by atoms with Gasteiger partial charge >= 0.3 is 0 Å². The third kappa shape index (κ3) is 4.55. The van der Waals surface area contributed by atoms with Crippen LogP contribution in [0.4, 0.5) is 0 Å². The molecule has 1 aromatic rings. The Kier molecular flexibility index (Phi) is 5.44. The minimum atomic E-state index is 0.00858. The van der Waals surface area contributed by atoms with E-state index in [-0.39, 0.29) is 17.5 Å². The van der Waals surface area contributed by atoms with Gasteiger partial charge in [0, 0.05) is 17.6 Å². The van der Waals surface area contributed by atoms with E-state index in [4.69, 9.17) is 0 Å². The lowest BCUT2D eigenvalue weighted by Gasteiger charge is -2.22. The Morgan fingerprint density at radius 3 is 2.50 bits per heavy atom. The summed E-state index contributed by atoms with van der Waals surface area (Å²) < 4.78 is 0. The number of rotatable bonds is 6. The molecule has 2 unspecified atom stereocenters. The highest BCUT2D eigenvalue weighted by atomic mass is 16.3. The average Bonchev–Trinajstić information content (AvgIpc) is 2.29. The maximum atomic E-state index is 9.78. The molecule has 0 radical (unpaired) electrons. The lowest BCUT2D eigenvalue weighted by atomic mass is 10.1. The number of benzene rings is 1. The van der Waals surface area contributed by atoms with E-state index in [2.05, 4.69) is 31.2 Å². The minimum Gasteiger partial charge on any atom is -0.508 e. The lowest BCUT2D eigenvalue weighted by molar-refractivity contribution is 0.351. The number of nitrogens with zero attached hydrogens (tertiary/aromatic N) is 1. The monoisotopic (exact) mass is 252 g/mol. The molecule has 2 atom stereocenters. The fourth-order valence-corrected chi connectivity index (χ4v) is 1.94. The zero-order valence-corrected chi connectivity index (χ0v) is 11.6. The van der Waals surface area contributed by atoms with Crippen molar-refractivity contribution in [2.75, 3.05) is 20.6 Å². The van der Waals surface area contributed by atoms with Crippen molar-refractivity contribution >= 4 is 0 Å². The fourth-order valence-electron chi connectivity index (χ4n) is 1.94. The Morgan fingerprint density at radius 2 is 1.89 bits per heavy atom. The van der Waals surface area contributed by atoms with Crippen molar-refractivity contribution in [1.82, 2.24) is 10.2 Å². The summed E-state index contributed by atoms with van der Waals surface area (Å²) in [6, 6.07) is 4.97. The normalized spacial score (nSPS) is 14.7. The highest BCUT2D eigenvalue weighted by Gasteiger charge is 2.13. The van der Waals surface area contributed by atoms with Gasteiger partial charge in [0.05, 0.1) is 0 Å². The maximum absolute atomic E-state index is 9.78. The van der Waals surface area contributed by atoms with Gasteiger partial charge in [0.15, 0.2) is 0 Å². The van der Waals surface area contributed by atoms with Gasteiger partial charge in [0.25, 0.3) is 0 Å². The summed E-state index contributed by atoms with van der Waals surface area (Å²) in [6.07, 6.45) is 1.04. The number of aromatic hydroxyl groups is 2. The molecule has 3 N–H and O–H groups in total. The van der Waals surface area contributed by atoms with Crippen LogP contribution >= 0.6 is 0 Å². The van der Waals surface area contributed by atoms with Gasteiger partial charge in [-0.15, -0.1) is 0 Å². The topological polar surface area (TPSA) is 55.7 Å². The van der Waals surface area contributed by atoms with Gasteiger partial charge in [-0.25, -0.2) is 0 Å². The quantitative estimate of drug-likeness (QED) is 0.679. The van der Waals surface area contributed by atoms with Crippen molar-refractivity contribution in [3.63, 3.8) is 0 Å². The lowest BCUT2D eigenvalue weighted by Crippen LogP contribution is -2.31. The SMILES string of the molecule is CC(CCN(C)C)NC(C)c1cc(O)ccc1O. The summed E-state index contributed by atoms with van der Waals surface area (Å²) in [6.45, 7) is 5.13. The number of phenols is 2. The van der Waals surface area contributed by atoms with Crippen LogP contribution in [-0.2, 0) is 0 Å². The highest BCUT2D eigenvalue weighted by molar-refractivity contribution is 5.40. The van der Waals surface area contributed by atoms with E-state index < -0.39 is 0 Å². The molecule has 0 aromatic heterocycles. The van der Waals surface area contributed by atoms with Crippen molar-refractivity contribution < 1.29 is 10.2 Å². The number of hydrogen-bond donors (Lipinski definition) is 3. The van der Waals surface area contributed by atoms with Crippen LogP contribution in [0.5, 0.6) is 11.5 Å². The van der Waals surface area contributed by atoms with Crippen LogP contribution in [0.2, 0.25) is 0 Å². The van der Waals surface area contributed by atoms with E-state index in [0.717, 1.165) is 18.5 Å². The van der Waals surface area contributed by atoms with Crippen molar-refractivity contribution in [2.45, 2.75) is 32.4 Å². The average molecular weight is 252 g/mol. The first kappa shape index (κ1) is 14.8. The summed E-state index contributed by atoms with van der Waals surface area (Å²) in [5, 5.41) is 22.6. The third-order valence-electron chi connectivity index (χ3n) is 3.02. The molecule has 4 nitrogen and oxygen atoms in total. The second-order valence-electron chi connectivity index (χ2n) is 5.12. The van der Waals surface area contributed by atoms with Crippen molar-refractivity contribution in [3.8, 4) is 11.5 Å². The molecule has 4 heteroatoms. The van der Waals surface area contributed by atoms with Crippen molar-refractivity contribution in [2.24, 2.45) is 0 Å². The summed E-state index contributed by atoms with van der Waals surface area (Å²) >= 11 is 0. The summed E-state index contributed by atoms with van der Waals surface area (Å²) in [4.78, 5) is 2.15. The standard InChI is InChI=1S/C14H24N2O2/c1-10(7-8-16(3)4)15-11(2)13-9-12(17)5-6-14(13)18/h5-6,9-11,15,17-18H,7-8H2,1-4H3. The van der Waals surface area contributed by atoms with Crippen LogP contribution in [0.25, 0.3) is 0 Å². The molecular weight excluding hydrogens is 228 g/mol. The van der Waals surface area contributed by atoms with Gasteiger partial charge in [-0.2, -0.15) is 0 Å². The fraction of sp³-hybridized carbons (Fsp3) is 0.571. The predicted octanol–water partition coefficient (Wildman–Crippen LogP) is 2.09. The maximum Gasteiger partial charge on any atom is 0.120 e. The second kappa shape index (κ2) is 6.61. The molecule has 0 saturated heterocycles. The van der Waals surface area contributed by atoms with Crippen LogP contribution in [-0.4, -0.2) is 41.8 Å². The molecule has 0 aliphatic heterocycles. The molecule has 18 heavy (non-hydrogen) atoms. The molecule has 102 valence electrons. The Morgan fingerprint density at radius 1 is 1.22 bits per heavy atom. The molecule has 1 rings (SSSR count).